The van der Waals surface area contributed by atoms with Crippen molar-refractivity contribution < 1.29 is 9.18 Å². The van der Waals surface area contributed by atoms with Crippen LogP contribution in [0.15, 0.2) is 53.3 Å². The number of hydrogen-bond donors (Lipinski definition) is 1. The summed E-state index contributed by atoms with van der Waals surface area (Å²) in [5.74, 6) is -0.725. The molecule has 1 heterocycles. The maximum atomic E-state index is 12.9. The van der Waals surface area contributed by atoms with Gasteiger partial charge in [-0.1, -0.05) is 18.2 Å². The molecule has 6 heteroatoms. The Balaban J connectivity index is 1.87. The van der Waals surface area contributed by atoms with Gasteiger partial charge in [-0.25, -0.2) is 9.07 Å². The molecular weight excluding hydrogens is 297 g/mol. The first-order chi connectivity index (χ1) is 11.1. The van der Waals surface area contributed by atoms with E-state index in [4.69, 9.17) is 0 Å². The maximum absolute atomic E-state index is 12.9. The number of nitrogens with one attached hydrogen (secondary N) is 1. The molecule has 0 aliphatic heterocycles. The van der Waals surface area contributed by atoms with Gasteiger partial charge in [0, 0.05) is 18.0 Å². The molecule has 0 fully saturated rings. The zero-order chi connectivity index (χ0) is 16.4. The highest BCUT2D eigenvalue weighted by molar-refractivity contribution is 5.94. The second kappa shape index (κ2) is 6.00. The lowest BCUT2D eigenvalue weighted by Crippen LogP contribution is -2.27. The van der Waals surface area contributed by atoms with E-state index in [-0.39, 0.29) is 18.0 Å². The molecule has 0 saturated carbocycles. The average Bonchev–Trinajstić information content (AvgIpc) is 2.57. The van der Waals surface area contributed by atoms with Gasteiger partial charge in [-0.3, -0.25) is 9.59 Å². The number of aromatic nitrogens is 2. The lowest BCUT2D eigenvalue weighted by atomic mass is 10.1. The predicted octanol–water partition coefficient (Wildman–Crippen LogP) is 2.00. The first-order valence-corrected chi connectivity index (χ1v) is 7.05. The topological polar surface area (TPSA) is 64.0 Å². The Morgan fingerprint density at radius 2 is 1.78 bits per heavy atom. The highest BCUT2D eigenvalue weighted by Gasteiger charge is 2.10. The molecule has 0 saturated heterocycles. The largest absolute Gasteiger partial charge is 0.346 e. The van der Waals surface area contributed by atoms with Crippen LogP contribution in [0.2, 0.25) is 0 Å². The molecular formula is C17H14FN3O2. The Bertz CT molecular complexity index is 933. The maximum Gasteiger partial charge on any atom is 0.274 e. The molecule has 2 aromatic carbocycles. The Hall–Kier alpha value is -3.02. The van der Waals surface area contributed by atoms with Crippen molar-refractivity contribution in [1.82, 2.24) is 15.1 Å². The van der Waals surface area contributed by atoms with Gasteiger partial charge in [0.15, 0.2) is 0 Å². The minimum absolute atomic E-state index is 0.171. The van der Waals surface area contributed by atoms with E-state index in [1.54, 1.807) is 25.2 Å². The van der Waals surface area contributed by atoms with Gasteiger partial charge in [0.05, 0.1) is 17.6 Å². The third-order valence-electron chi connectivity index (χ3n) is 3.56. The van der Waals surface area contributed by atoms with Crippen LogP contribution in [-0.4, -0.2) is 15.7 Å². The quantitative estimate of drug-likeness (QED) is 0.804. The Kier molecular flexibility index (Phi) is 3.89. The number of nitrogens with zero attached hydrogens (tertiary/aromatic N) is 2. The van der Waals surface area contributed by atoms with Gasteiger partial charge in [-0.2, -0.15) is 5.10 Å². The summed E-state index contributed by atoms with van der Waals surface area (Å²) in [6.45, 7) is 0.171. The van der Waals surface area contributed by atoms with Crippen LogP contribution in [0.1, 0.15) is 16.1 Å². The number of aryl methyl sites for hydroxylation is 1. The van der Waals surface area contributed by atoms with Crippen molar-refractivity contribution in [2.75, 3.05) is 0 Å². The Labute approximate surface area is 131 Å². The molecule has 3 aromatic rings. The summed E-state index contributed by atoms with van der Waals surface area (Å²) in [5, 5.41) is 8.20. The predicted molar refractivity (Wildman–Crippen MR) is 84.6 cm³/mol. The number of benzene rings is 2. The lowest BCUT2D eigenvalue weighted by Gasteiger charge is -2.09. The molecule has 0 aliphatic carbocycles. The number of carbonyl (C=O) groups is 1. The second-order valence-corrected chi connectivity index (χ2v) is 5.11. The van der Waals surface area contributed by atoms with Gasteiger partial charge < -0.3 is 5.32 Å². The van der Waals surface area contributed by atoms with Crippen molar-refractivity contribution in [3.05, 3.63) is 76.0 Å². The molecule has 0 unspecified atom stereocenters. The van der Waals surface area contributed by atoms with Gasteiger partial charge in [-0.05, 0) is 30.3 Å². The van der Waals surface area contributed by atoms with E-state index in [0.717, 1.165) is 0 Å². The van der Waals surface area contributed by atoms with Crippen molar-refractivity contribution in [3.63, 3.8) is 0 Å². The fraction of sp³-hybridized carbons (Fsp3) is 0.118. The minimum Gasteiger partial charge on any atom is -0.346 e. The SMILES string of the molecule is Cn1nc(CNC(=O)c2ccc(F)cc2)c2ccccc2c1=O. The molecule has 0 radical (unpaired) electrons. The first-order valence-electron chi connectivity index (χ1n) is 7.05. The number of hydrogen-bond acceptors (Lipinski definition) is 3. The highest BCUT2D eigenvalue weighted by atomic mass is 19.1. The minimum atomic E-state index is -0.396. The third-order valence-corrected chi connectivity index (χ3v) is 3.56. The van der Waals surface area contributed by atoms with Crippen LogP contribution >= 0.6 is 0 Å². The first kappa shape index (κ1) is 14.9. The van der Waals surface area contributed by atoms with E-state index in [1.165, 1.54) is 28.9 Å². The number of fused-ring (bicyclic) bond motifs is 1. The van der Waals surface area contributed by atoms with E-state index in [9.17, 15) is 14.0 Å². The Morgan fingerprint density at radius 3 is 2.48 bits per heavy atom. The number of carbonyl (C=O) groups excluding carboxylic acids is 1. The fourth-order valence-electron chi connectivity index (χ4n) is 2.37. The monoisotopic (exact) mass is 311 g/mol. The number of halogens is 1. The fourth-order valence-corrected chi connectivity index (χ4v) is 2.37. The van der Waals surface area contributed by atoms with Gasteiger partial charge in [-0.15, -0.1) is 0 Å². The van der Waals surface area contributed by atoms with Crippen molar-refractivity contribution in [2.24, 2.45) is 7.05 Å². The van der Waals surface area contributed by atoms with Crippen LogP contribution in [0.25, 0.3) is 10.8 Å². The zero-order valence-electron chi connectivity index (χ0n) is 12.4. The summed E-state index contributed by atoms with van der Waals surface area (Å²) in [4.78, 5) is 24.1. The summed E-state index contributed by atoms with van der Waals surface area (Å²) in [6, 6.07) is 12.4. The molecule has 0 atom stereocenters. The average molecular weight is 311 g/mol. The van der Waals surface area contributed by atoms with Gasteiger partial charge in [0.1, 0.15) is 5.82 Å². The normalized spacial score (nSPS) is 10.7. The van der Waals surface area contributed by atoms with Crippen LogP contribution in [-0.2, 0) is 13.6 Å². The zero-order valence-corrected chi connectivity index (χ0v) is 12.4. The van der Waals surface area contributed by atoms with E-state index in [2.05, 4.69) is 10.4 Å². The smallest absolute Gasteiger partial charge is 0.274 e. The van der Waals surface area contributed by atoms with E-state index >= 15 is 0 Å². The van der Waals surface area contributed by atoms with Gasteiger partial charge in [0.25, 0.3) is 11.5 Å². The summed E-state index contributed by atoms with van der Waals surface area (Å²) in [6.07, 6.45) is 0. The summed E-state index contributed by atoms with van der Waals surface area (Å²) >= 11 is 0. The van der Waals surface area contributed by atoms with Gasteiger partial charge in [0.2, 0.25) is 0 Å². The molecule has 0 spiro atoms. The van der Waals surface area contributed by atoms with E-state index in [1.807, 2.05) is 6.07 Å². The van der Waals surface area contributed by atoms with Crippen LogP contribution in [0.5, 0.6) is 0 Å². The molecule has 1 N–H and O–H groups in total. The summed E-state index contributed by atoms with van der Waals surface area (Å²) in [5.41, 5.74) is 0.771. The third kappa shape index (κ3) is 2.96. The Morgan fingerprint density at radius 1 is 1.13 bits per heavy atom. The molecule has 1 aromatic heterocycles. The molecule has 1 amide bonds. The molecule has 3 rings (SSSR count). The van der Waals surface area contributed by atoms with Gasteiger partial charge >= 0.3 is 0 Å². The van der Waals surface area contributed by atoms with Crippen LogP contribution in [0.3, 0.4) is 0 Å². The van der Waals surface area contributed by atoms with Crippen molar-refractivity contribution in [2.45, 2.75) is 6.54 Å². The van der Waals surface area contributed by atoms with Crippen molar-refractivity contribution in [1.29, 1.82) is 0 Å². The molecule has 0 aliphatic rings. The number of rotatable bonds is 3. The highest BCUT2D eigenvalue weighted by Crippen LogP contribution is 2.13. The standard InChI is InChI=1S/C17H14FN3O2/c1-21-17(23)14-5-3-2-4-13(14)15(20-21)10-19-16(22)11-6-8-12(18)9-7-11/h2-9H,10H2,1H3,(H,19,22). The lowest BCUT2D eigenvalue weighted by molar-refractivity contribution is 0.0950. The second-order valence-electron chi connectivity index (χ2n) is 5.11. The number of amides is 1. The van der Waals surface area contributed by atoms with Crippen LogP contribution in [0.4, 0.5) is 4.39 Å². The summed E-state index contributed by atoms with van der Waals surface area (Å²) < 4.78 is 14.1. The molecule has 0 bridgehead atoms. The van der Waals surface area contributed by atoms with E-state index < -0.39 is 5.82 Å². The van der Waals surface area contributed by atoms with Crippen LogP contribution in [0, 0.1) is 5.82 Å². The molecule has 116 valence electrons. The molecule has 5 nitrogen and oxygen atoms in total. The van der Waals surface area contributed by atoms with Crippen molar-refractivity contribution in [3.8, 4) is 0 Å². The molecule has 23 heavy (non-hydrogen) atoms. The van der Waals surface area contributed by atoms with Crippen LogP contribution < -0.4 is 10.9 Å². The summed E-state index contributed by atoms with van der Waals surface area (Å²) in [7, 11) is 1.57. The van der Waals surface area contributed by atoms with Crippen molar-refractivity contribution >= 4 is 16.7 Å². The van der Waals surface area contributed by atoms with E-state index in [0.29, 0.717) is 22.0 Å².